The van der Waals surface area contributed by atoms with Gasteiger partial charge >= 0.3 is 5.97 Å². The van der Waals surface area contributed by atoms with Crippen LogP contribution in [0.4, 0.5) is 0 Å². The molecule has 1 atom stereocenters. The van der Waals surface area contributed by atoms with Crippen LogP contribution in [-0.4, -0.2) is 67.1 Å². The van der Waals surface area contributed by atoms with Crippen molar-refractivity contribution in [2.45, 2.75) is 36.7 Å². The molecule has 0 radical (unpaired) electrons. The van der Waals surface area contributed by atoms with Crippen LogP contribution in [0.25, 0.3) is 0 Å². The maximum absolute atomic E-state index is 12.7. The zero-order chi connectivity index (χ0) is 19.2. The molecule has 8 heteroatoms. The lowest BCUT2D eigenvalue weighted by Crippen LogP contribution is -2.47. The van der Waals surface area contributed by atoms with Crippen molar-refractivity contribution in [3.8, 4) is 0 Å². The van der Waals surface area contributed by atoms with E-state index in [2.05, 4.69) is 0 Å². The molecule has 1 fully saturated rings. The molecular formula is C18H25NO6S. The van der Waals surface area contributed by atoms with Gasteiger partial charge in [-0.05, 0) is 31.7 Å². The summed E-state index contributed by atoms with van der Waals surface area (Å²) in [4.78, 5) is 25.0. The second kappa shape index (κ2) is 9.14. The molecule has 144 valence electrons. The second-order valence-corrected chi connectivity index (χ2v) is 8.98. The molecule has 0 aromatic heterocycles. The summed E-state index contributed by atoms with van der Waals surface area (Å²) in [6, 6.07) is 9.34. The quantitative estimate of drug-likeness (QED) is 0.722. The van der Waals surface area contributed by atoms with Gasteiger partial charge in [0.2, 0.25) is 5.91 Å². The molecule has 1 aromatic carbocycles. The van der Waals surface area contributed by atoms with E-state index < -0.39 is 38.8 Å². The number of hydrogen-bond donors (Lipinski definition) is 1. The van der Waals surface area contributed by atoms with Gasteiger partial charge in [-0.3, -0.25) is 9.59 Å². The van der Waals surface area contributed by atoms with E-state index in [4.69, 9.17) is 9.84 Å². The summed E-state index contributed by atoms with van der Waals surface area (Å²) in [5.41, 5.74) is 0.954. The molecule has 1 aliphatic rings. The molecule has 1 unspecified atom stereocenters. The Morgan fingerprint density at radius 1 is 1.23 bits per heavy atom. The van der Waals surface area contributed by atoms with Gasteiger partial charge in [0.05, 0.1) is 5.25 Å². The summed E-state index contributed by atoms with van der Waals surface area (Å²) in [6.07, 6.45) is 1.19. The van der Waals surface area contributed by atoms with Crippen molar-refractivity contribution in [3.05, 3.63) is 35.9 Å². The molecule has 0 spiro atoms. The predicted octanol–water partition coefficient (Wildman–Crippen LogP) is 1.12. The minimum atomic E-state index is -3.69. The molecule has 2 rings (SSSR count). The maximum atomic E-state index is 12.7. The van der Waals surface area contributed by atoms with Crippen molar-refractivity contribution in [3.63, 3.8) is 0 Å². The lowest BCUT2D eigenvalue weighted by molar-refractivity contribution is -0.144. The summed E-state index contributed by atoms with van der Waals surface area (Å²) >= 11 is 0. The largest absolute Gasteiger partial charge is 0.480 e. The minimum absolute atomic E-state index is 0.156. The van der Waals surface area contributed by atoms with E-state index in [0.717, 1.165) is 10.5 Å². The number of hydrogen-bond acceptors (Lipinski definition) is 5. The molecule has 1 amide bonds. The zero-order valence-electron chi connectivity index (χ0n) is 14.8. The number of benzene rings is 1. The van der Waals surface area contributed by atoms with E-state index in [0.29, 0.717) is 32.5 Å². The van der Waals surface area contributed by atoms with E-state index in [1.165, 1.54) is 6.92 Å². The normalized spacial score (nSPS) is 16.8. The van der Waals surface area contributed by atoms with Gasteiger partial charge in [0.1, 0.15) is 11.8 Å². The molecular weight excluding hydrogens is 358 g/mol. The molecule has 1 saturated heterocycles. The van der Waals surface area contributed by atoms with Crippen LogP contribution in [0.3, 0.4) is 0 Å². The Morgan fingerprint density at radius 3 is 2.42 bits per heavy atom. The Bertz CT molecular complexity index is 712. The lowest BCUT2D eigenvalue weighted by Gasteiger charge is -2.28. The smallest absolute Gasteiger partial charge is 0.323 e. The highest BCUT2D eigenvalue weighted by Gasteiger charge is 2.38. The number of carbonyl (C=O) groups excluding carboxylic acids is 1. The van der Waals surface area contributed by atoms with Crippen LogP contribution in [0.2, 0.25) is 0 Å². The van der Waals surface area contributed by atoms with Gasteiger partial charge in [0.15, 0.2) is 9.84 Å². The number of nitrogens with zero attached hydrogens (tertiary/aromatic N) is 1. The fourth-order valence-corrected chi connectivity index (χ4v) is 4.89. The first-order valence-corrected chi connectivity index (χ1v) is 10.3. The van der Waals surface area contributed by atoms with Crippen molar-refractivity contribution >= 4 is 21.7 Å². The third-order valence-electron chi connectivity index (χ3n) is 4.62. The Morgan fingerprint density at radius 2 is 1.85 bits per heavy atom. The van der Waals surface area contributed by atoms with Gasteiger partial charge in [0, 0.05) is 19.8 Å². The number of amides is 1. The SMILES string of the molecule is CC(C(=O)N(CCc1ccccc1)CC(=O)O)S(=O)(=O)C1CCOCC1. The van der Waals surface area contributed by atoms with Crippen molar-refractivity contribution < 1.29 is 27.9 Å². The third-order valence-corrected chi connectivity index (χ3v) is 7.21. The van der Waals surface area contributed by atoms with Crippen LogP contribution in [0.1, 0.15) is 25.3 Å². The van der Waals surface area contributed by atoms with Crippen LogP contribution in [0.5, 0.6) is 0 Å². The molecule has 1 N–H and O–H groups in total. The molecule has 0 aliphatic carbocycles. The topological polar surface area (TPSA) is 101 Å². The minimum Gasteiger partial charge on any atom is -0.480 e. The van der Waals surface area contributed by atoms with Gasteiger partial charge in [-0.2, -0.15) is 0 Å². The summed E-state index contributed by atoms with van der Waals surface area (Å²) in [5, 5.41) is 7.23. The van der Waals surface area contributed by atoms with Gasteiger partial charge < -0.3 is 14.7 Å². The first-order valence-electron chi connectivity index (χ1n) is 8.67. The zero-order valence-corrected chi connectivity index (χ0v) is 15.7. The highest BCUT2D eigenvalue weighted by atomic mass is 32.2. The standard InChI is InChI=1S/C18H25NO6S/c1-14(26(23,24)16-8-11-25-12-9-16)18(22)19(13-17(20)21)10-7-15-5-3-2-4-6-15/h2-6,14,16H,7-13H2,1H3,(H,20,21). The third kappa shape index (κ3) is 5.28. The van der Waals surface area contributed by atoms with E-state index in [9.17, 15) is 18.0 Å². The summed E-state index contributed by atoms with van der Waals surface area (Å²) in [6.45, 7) is 1.71. The van der Waals surface area contributed by atoms with Crippen LogP contribution >= 0.6 is 0 Å². The van der Waals surface area contributed by atoms with Crippen molar-refractivity contribution in [2.75, 3.05) is 26.3 Å². The molecule has 0 saturated carbocycles. The summed E-state index contributed by atoms with van der Waals surface area (Å²) < 4.78 is 30.7. The number of carboxylic acid groups (broad SMARTS) is 1. The van der Waals surface area contributed by atoms with Crippen molar-refractivity contribution in [2.24, 2.45) is 0 Å². The van der Waals surface area contributed by atoms with Gasteiger partial charge in [-0.1, -0.05) is 30.3 Å². The molecule has 1 aliphatic heterocycles. The summed E-state index contributed by atoms with van der Waals surface area (Å²) in [7, 11) is -3.69. The van der Waals surface area contributed by atoms with Crippen molar-refractivity contribution in [1.82, 2.24) is 4.90 Å². The first-order chi connectivity index (χ1) is 12.3. The van der Waals surface area contributed by atoms with Crippen LogP contribution in [0.15, 0.2) is 30.3 Å². The fraction of sp³-hybridized carbons (Fsp3) is 0.556. The Hall–Kier alpha value is -1.93. The van der Waals surface area contributed by atoms with Crippen molar-refractivity contribution in [1.29, 1.82) is 0 Å². The Balaban J connectivity index is 2.09. The van der Waals surface area contributed by atoms with E-state index >= 15 is 0 Å². The highest BCUT2D eigenvalue weighted by molar-refractivity contribution is 7.93. The number of ether oxygens (including phenoxy) is 1. The van der Waals surface area contributed by atoms with E-state index in [1.807, 2.05) is 30.3 Å². The van der Waals surface area contributed by atoms with Gasteiger partial charge in [0.25, 0.3) is 0 Å². The number of carbonyl (C=O) groups is 2. The average molecular weight is 383 g/mol. The average Bonchev–Trinajstić information content (AvgIpc) is 2.65. The van der Waals surface area contributed by atoms with Gasteiger partial charge in [-0.25, -0.2) is 8.42 Å². The molecule has 1 aromatic rings. The van der Waals surface area contributed by atoms with Gasteiger partial charge in [-0.15, -0.1) is 0 Å². The second-order valence-electron chi connectivity index (χ2n) is 6.43. The predicted molar refractivity (Wildman–Crippen MR) is 96.6 cm³/mol. The monoisotopic (exact) mass is 383 g/mol. The Kier molecular flexibility index (Phi) is 7.16. The first kappa shape index (κ1) is 20.4. The Labute approximate surface area is 153 Å². The van der Waals surface area contributed by atoms with E-state index in [-0.39, 0.29) is 6.54 Å². The number of carboxylic acids is 1. The molecule has 26 heavy (non-hydrogen) atoms. The van der Waals surface area contributed by atoms with Crippen LogP contribution in [0, 0.1) is 0 Å². The summed E-state index contributed by atoms with van der Waals surface area (Å²) in [5.74, 6) is -1.82. The molecule has 0 bridgehead atoms. The fourth-order valence-electron chi connectivity index (χ4n) is 3.03. The number of rotatable bonds is 8. The maximum Gasteiger partial charge on any atom is 0.323 e. The van der Waals surface area contributed by atoms with Crippen LogP contribution in [-0.2, 0) is 30.6 Å². The molecule has 1 heterocycles. The number of aliphatic carboxylic acids is 1. The lowest BCUT2D eigenvalue weighted by atomic mass is 10.1. The molecule has 7 nitrogen and oxygen atoms in total. The highest BCUT2D eigenvalue weighted by Crippen LogP contribution is 2.21. The number of sulfone groups is 1. The van der Waals surface area contributed by atoms with E-state index in [1.54, 1.807) is 0 Å². The van der Waals surface area contributed by atoms with Crippen LogP contribution < -0.4 is 0 Å².